The maximum Gasteiger partial charge on any atom is 0.220 e. The molecule has 3 nitrogen and oxygen atoms in total. The van der Waals surface area contributed by atoms with E-state index in [-0.39, 0.29) is 24.4 Å². The molecule has 0 heterocycles. The third kappa shape index (κ3) is 5.39. The lowest BCUT2D eigenvalue weighted by atomic mass is 10.1. The molecular formula is C14H20Cl2N2O. The second-order valence-electron chi connectivity index (χ2n) is 4.90. The zero-order valence-corrected chi connectivity index (χ0v) is 12.3. The van der Waals surface area contributed by atoms with Gasteiger partial charge in [-0.25, -0.2) is 0 Å². The second-order valence-corrected chi connectivity index (χ2v) is 5.30. The van der Waals surface area contributed by atoms with E-state index in [1.54, 1.807) is 0 Å². The van der Waals surface area contributed by atoms with Crippen molar-refractivity contribution in [1.29, 1.82) is 0 Å². The lowest BCUT2D eigenvalue weighted by Crippen LogP contribution is -2.38. The molecule has 1 unspecified atom stereocenters. The van der Waals surface area contributed by atoms with Gasteiger partial charge in [0.1, 0.15) is 0 Å². The fourth-order valence-corrected chi connectivity index (χ4v) is 2.19. The summed E-state index contributed by atoms with van der Waals surface area (Å²) in [5, 5.41) is 3.61. The van der Waals surface area contributed by atoms with Gasteiger partial charge in [0.2, 0.25) is 5.91 Å². The van der Waals surface area contributed by atoms with Crippen molar-refractivity contribution in [3.05, 3.63) is 34.9 Å². The number of rotatable bonds is 6. The Morgan fingerprint density at radius 1 is 1.42 bits per heavy atom. The number of nitrogens with one attached hydrogen (secondary N) is 1. The second kappa shape index (κ2) is 7.73. The molecule has 3 N–H and O–H groups in total. The molecule has 0 radical (unpaired) electrons. The van der Waals surface area contributed by atoms with E-state index in [1.807, 2.05) is 24.3 Å². The number of carbonyl (C=O) groups is 1. The van der Waals surface area contributed by atoms with Gasteiger partial charge in [-0.05, 0) is 36.8 Å². The SMILES string of the molecule is Cl.NC(CNC(=O)CCc1ccccc1Cl)C1CC1. The van der Waals surface area contributed by atoms with E-state index in [9.17, 15) is 4.79 Å². The van der Waals surface area contributed by atoms with E-state index in [4.69, 9.17) is 17.3 Å². The Kier molecular flexibility index (Phi) is 6.63. The molecule has 0 spiro atoms. The van der Waals surface area contributed by atoms with E-state index in [0.717, 1.165) is 10.6 Å². The van der Waals surface area contributed by atoms with Crippen LogP contribution in [0.5, 0.6) is 0 Å². The molecular weight excluding hydrogens is 283 g/mol. The van der Waals surface area contributed by atoms with E-state index in [0.29, 0.717) is 25.3 Å². The number of amides is 1. The molecule has 19 heavy (non-hydrogen) atoms. The van der Waals surface area contributed by atoms with Gasteiger partial charge < -0.3 is 11.1 Å². The summed E-state index contributed by atoms with van der Waals surface area (Å²) in [4.78, 5) is 11.7. The van der Waals surface area contributed by atoms with Crippen molar-refractivity contribution < 1.29 is 4.79 Å². The van der Waals surface area contributed by atoms with Crippen LogP contribution in [0.4, 0.5) is 0 Å². The summed E-state index contributed by atoms with van der Waals surface area (Å²) in [5.41, 5.74) is 6.94. The molecule has 106 valence electrons. The molecule has 0 saturated heterocycles. The fraction of sp³-hybridized carbons (Fsp3) is 0.500. The van der Waals surface area contributed by atoms with E-state index >= 15 is 0 Å². The highest BCUT2D eigenvalue weighted by molar-refractivity contribution is 6.31. The third-order valence-electron chi connectivity index (χ3n) is 3.34. The Morgan fingerprint density at radius 2 is 2.11 bits per heavy atom. The minimum atomic E-state index is 0. The van der Waals surface area contributed by atoms with Crippen molar-refractivity contribution in [3.63, 3.8) is 0 Å². The average Bonchev–Trinajstić information content (AvgIpc) is 3.19. The van der Waals surface area contributed by atoms with Gasteiger partial charge in [-0.2, -0.15) is 0 Å². The summed E-state index contributed by atoms with van der Waals surface area (Å²) < 4.78 is 0. The topological polar surface area (TPSA) is 55.1 Å². The summed E-state index contributed by atoms with van der Waals surface area (Å²) in [6.07, 6.45) is 3.54. The van der Waals surface area contributed by atoms with Gasteiger partial charge in [0.15, 0.2) is 0 Å². The molecule has 5 heteroatoms. The van der Waals surface area contributed by atoms with Crippen LogP contribution in [-0.2, 0) is 11.2 Å². The van der Waals surface area contributed by atoms with E-state index in [2.05, 4.69) is 5.32 Å². The molecule has 0 aliphatic heterocycles. The van der Waals surface area contributed by atoms with Crippen LogP contribution in [0.1, 0.15) is 24.8 Å². The first-order valence-corrected chi connectivity index (χ1v) is 6.80. The normalized spacial score (nSPS) is 15.5. The van der Waals surface area contributed by atoms with E-state index < -0.39 is 0 Å². The molecule has 1 aliphatic carbocycles. The van der Waals surface area contributed by atoms with Crippen LogP contribution in [0.15, 0.2) is 24.3 Å². The predicted octanol–water partition coefficient (Wildman–Crippen LogP) is 2.55. The van der Waals surface area contributed by atoms with Gasteiger partial charge >= 0.3 is 0 Å². The highest BCUT2D eigenvalue weighted by Gasteiger charge is 2.28. The third-order valence-corrected chi connectivity index (χ3v) is 3.71. The summed E-state index contributed by atoms with van der Waals surface area (Å²) in [5.74, 6) is 0.667. The molecule has 1 atom stereocenters. The van der Waals surface area contributed by atoms with Crippen LogP contribution in [0.25, 0.3) is 0 Å². The summed E-state index contributed by atoms with van der Waals surface area (Å²) >= 11 is 6.03. The number of benzene rings is 1. The van der Waals surface area contributed by atoms with Crippen LogP contribution in [0.3, 0.4) is 0 Å². The maximum absolute atomic E-state index is 11.7. The Hall–Kier alpha value is -0.770. The Balaban J connectivity index is 0.00000180. The van der Waals surface area contributed by atoms with Crippen LogP contribution < -0.4 is 11.1 Å². The molecule has 1 aliphatic rings. The highest BCUT2D eigenvalue weighted by Crippen LogP contribution is 2.31. The Bertz CT molecular complexity index is 422. The van der Waals surface area contributed by atoms with Gasteiger partial charge in [0, 0.05) is 24.0 Å². The molecule has 0 bridgehead atoms. The lowest BCUT2D eigenvalue weighted by molar-refractivity contribution is -0.121. The molecule has 1 saturated carbocycles. The van der Waals surface area contributed by atoms with Gasteiger partial charge in [0.25, 0.3) is 0 Å². The molecule has 1 fully saturated rings. The minimum absolute atomic E-state index is 0. The monoisotopic (exact) mass is 302 g/mol. The van der Waals surface area contributed by atoms with Crippen molar-refractivity contribution in [2.45, 2.75) is 31.7 Å². The quantitative estimate of drug-likeness (QED) is 0.848. The first-order chi connectivity index (χ1) is 8.66. The van der Waals surface area contributed by atoms with Crippen molar-refractivity contribution in [2.24, 2.45) is 11.7 Å². The molecule has 1 aromatic rings. The van der Waals surface area contributed by atoms with Crippen molar-refractivity contribution in [1.82, 2.24) is 5.32 Å². The Labute approximate surface area is 125 Å². The van der Waals surface area contributed by atoms with Gasteiger partial charge in [-0.15, -0.1) is 12.4 Å². The number of hydrogen-bond acceptors (Lipinski definition) is 2. The van der Waals surface area contributed by atoms with Crippen LogP contribution >= 0.6 is 24.0 Å². The van der Waals surface area contributed by atoms with Crippen molar-refractivity contribution >= 4 is 29.9 Å². The zero-order chi connectivity index (χ0) is 13.0. The number of hydrogen-bond donors (Lipinski definition) is 2. The zero-order valence-electron chi connectivity index (χ0n) is 10.8. The van der Waals surface area contributed by atoms with Gasteiger partial charge in [-0.3, -0.25) is 4.79 Å². The minimum Gasteiger partial charge on any atom is -0.355 e. The number of nitrogens with two attached hydrogens (primary N) is 1. The first-order valence-electron chi connectivity index (χ1n) is 6.42. The number of aryl methyl sites for hydroxylation is 1. The smallest absolute Gasteiger partial charge is 0.220 e. The summed E-state index contributed by atoms with van der Waals surface area (Å²) in [6, 6.07) is 7.74. The largest absolute Gasteiger partial charge is 0.355 e. The van der Waals surface area contributed by atoms with Crippen LogP contribution in [0, 0.1) is 5.92 Å². The number of halogens is 2. The first kappa shape index (κ1) is 16.3. The summed E-state index contributed by atoms with van der Waals surface area (Å²) in [6.45, 7) is 0.589. The van der Waals surface area contributed by atoms with Gasteiger partial charge in [0.05, 0.1) is 0 Å². The van der Waals surface area contributed by atoms with Crippen molar-refractivity contribution in [2.75, 3.05) is 6.54 Å². The Morgan fingerprint density at radius 3 is 2.74 bits per heavy atom. The predicted molar refractivity (Wildman–Crippen MR) is 80.7 cm³/mol. The molecule has 2 rings (SSSR count). The van der Waals surface area contributed by atoms with Crippen LogP contribution in [0.2, 0.25) is 5.02 Å². The number of carbonyl (C=O) groups excluding carboxylic acids is 1. The molecule has 1 amide bonds. The van der Waals surface area contributed by atoms with Crippen LogP contribution in [-0.4, -0.2) is 18.5 Å². The lowest BCUT2D eigenvalue weighted by Gasteiger charge is -2.11. The summed E-state index contributed by atoms with van der Waals surface area (Å²) in [7, 11) is 0. The molecule has 1 aromatic carbocycles. The van der Waals surface area contributed by atoms with Crippen molar-refractivity contribution in [3.8, 4) is 0 Å². The fourth-order valence-electron chi connectivity index (χ4n) is 1.96. The standard InChI is InChI=1S/C14H19ClN2O.ClH/c15-12-4-2-1-3-10(12)7-8-14(18)17-9-13(16)11-5-6-11;/h1-4,11,13H,5-9,16H2,(H,17,18);1H. The highest BCUT2D eigenvalue weighted by atomic mass is 35.5. The maximum atomic E-state index is 11.7. The van der Waals surface area contributed by atoms with Gasteiger partial charge in [-0.1, -0.05) is 29.8 Å². The molecule has 0 aromatic heterocycles. The van der Waals surface area contributed by atoms with E-state index in [1.165, 1.54) is 12.8 Å². The average molecular weight is 303 g/mol.